The number of rotatable bonds is 5. The standard InChI is InChI=1S/C15H25N3S/c1-3-16-14(10-15-17-6-7-19-15)11-8-12-4-5-13(9-11)18(12)2/h6-7,11-14,16H,3-5,8-10H2,1-2H3. The van der Waals surface area contributed by atoms with E-state index in [1.54, 1.807) is 11.3 Å². The van der Waals surface area contributed by atoms with Crippen molar-refractivity contribution in [3.8, 4) is 0 Å². The molecule has 106 valence electrons. The first-order valence-corrected chi connectivity index (χ1v) is 8.49. The minimum absolute atomic E-state index is 0.618. The molecular weight excluding hydrogens is 254 g/mol. The molecule has 2 bridgehead atoms. The summed E-state index contributed by atoms with van der Waals surface area (Å²) < 4.78 is 0. The summed E-state index contributed by atoms with van der Waals surface area (Å²) in [6, 6.07) is 2.29. The summed E-state index contributed by atoms with van der Waals surface area (Å²) in [5.74, 6) is 0.831. The number of hydrogen-bond acceptors (Lipinski definition) is 4. The number of nitrogens with one attached hydrogen (secondary N) is 1. The smallest absolute Gasteiger partial charge is 0.0940 e. The van der Waals surface area contributed by atoms with E-state index in [0.29, 0.717) is 6.04 Å². The molecule has 3 unspecified atom stereocenters. The molecule has 0 amide bonds. The fourth-order valence-corrected chi connectivity index (χ4v) is 4.67. The second-order valence-electron chi connectivity index (χ2n) is 6.08. The van der Waals surface area contributed by atoms with Gasteiger partial charge < -0.3 is 10.2 Å². The van der Waals surface area contributed by atoms with E-state index in [4.69, 9.17) is 0 Å². The van der Waals surface area contributed by atoms with Crippen molar-refractivity contribution in [2.75, 3.05) is 13.6 Å². The van der Waals surface area contributed by atoms with Crippen LogP contribution in [-0.4, -0.2) is 41.6 Å². The number of hydrogen-bond donors (Lipinski definition) is 1. The first-order chi connectivity index (χ1) is 9.28. The second kappa shape index (κ2) is 5.90. The van der Waals surface area contributed by atoms with Crippen molar-refractivity contribution in [1.29, 1.82) is 0 Å². The highest BCUT2D eigenvalue weighted by Crippen LogP contribution is 2.39. The molecule has 0 aliphatic carbocycles. The molecular formula is C15H25N3S. The normalized spacial score (nSPS) is 32.6. The molecule has 3 heterocycles. The summed E-state index contributed by atoms with van der Waals surface area (Å²) >= 11 is 1.80. The Hall–Kier alpha value is -0.450. The number of thiazole rings is 1. The average molecular weight is 279 g/mol. The first-order valence-electron chi connectivity index (χ1n) is 7.61. The Kier molecular flexibility index (Phi) is 4.20. The lowest BCUT2D eigenvalue weighted by molar-refractivity contribution is 0.112. The topological polar surface area (TPSA) is 28.2 Å². The van der Waals surface area contributed by atoms with Crippen molar-refractivity contribution in [2.24, 2.45) is 5.92 Å². The molecule has 1 aromatic heterocycles. The average Bonchev–Trinajstić information content (AvgIpc) is 2.95. The Morgan fingerprint density at radius 1 is 1.42 bits per heavy atom. The lowest BCUT2D eigenvalue weighted by atomic mass is 9.84. The number of fused-ring (bicyclic) bond motifs is 2. The van der Waals surface area contributed by atoms with Gasteiger partial charge in [-0.1, -0.05) is 6.92 Å². The van der Waals surface area contributed by atoms with E-state index in [1.165, 1.54) is 30.7 Å². The molecule has 19 heavy (non-hydrogen) atoms. The minimum atomic E-state index is 0.618. The molecule has 2 saturated heterocycles. The predicted molar refractivity (Wildman–Crippen MR) is 80.6 cm³/mol. The van der Waals surface area contributed by atoms with E-state index in [0.717, 1.165) is 31.0 Å². The Balaban J connectivity index is 1.67. The highest BCUT2D eigenvalue weighted by Gasteiger charge is 2.40. The Morgan fingerprint density at radius 2 is 2.16 bits per heavy atom. The third-order valence-electron chi connectivity index (χ3n) is 5.05. The van der Waals surface area contributed by atoms with E-state index < -0.39 is 0 Å². The zero-order valence-electron chi connectivity index (χ0n) is 12.0. The Bertz CT molecular complexity index is 378. The molecule has 2 fully saturated rings. The Labute approximate surface area is 120 Å². The number of aromatic nitrogens is 1. The van der Waals surface area contributed by atoms with Gasteiger partial charge in [-0.15, -0.1) is 11.3 Å². The van der Waals surface area contributed by atoms with Crippen molar-refractivity contribution in [3.05, 3.63) is 16.6 Å². The summed E-state index contributed by atoms with van der Waals surface area (Å²) in [7, 11) is 2.32. The van der Waals surface area contributed by atoms with Gasteiger partial charge in [0.2, 0.25) is 0 Å². The Morgan fingerprint density at radius 3 is 2.74 bits per heavy atom. The number of likely N-dealkylation sites (N-methyl/N-ethyl adjacent to an activating group) is 1. The van der Waals surface area contributed by atoms with Crippen LogP contribution in [0.1, 0.15) is 37.6 Å². The molecule has 0 saturated carbocycles. The van der Waals surface area contributed by atoms with Crippen molar-refractivity contribution >= 4 is 11.3 Å². The largest absolute Gasteiger partial charge is 0.314 e. The van der Waals surface area contributed by atoms with Gasteiger partial charge in [-0.25, -0.2) is 4.98 Å². The van der Waals surface area contributed by atoms with Crippen LogP contribution in [0.4, 0.5) is 0 Å². The maximum absolute atomic E-state index is 4.47. The van der Waals surface area contributed by atoms with Crippen molar-refractivity contribution in [3.63, 3.8) is 0 Å². The molecule has 1 N–H and O–H groups in total. The third kappa shape index (κ3) is 2.86. The van der Waals surface area contributed by atoms with Gasteiger partial charge in [0.15, 0.2) is 0 Å². The summed E-state index contributed by atoms with van der Waals surface area (Å²) in [5, 5.41) is 7.11. The molecule has 4 heteroatoms. The monoisotopic (exact) mass is 279 g/mol. The van der Waals surface area contributed by atoms with Gasteiger partial charge >= 0.3 is 0 Å². The summed E-state index contributed by atoms with van der Waals surface area (Å²) in [4.78, 5) is 7.10. The van der Waals surface area contributed by atoms with Gasteiger partial charge in [0.05, 0.1) is 5.01 Å². The van der Waals surface area contributed by atoms with Crippen LogP contribution >= 0.6 is 11.3 Å². The van der Waals surface area contributed by atoms with Crippen LogP contribution < -0.4 is 5.32 Å². The molecule has 3 atom stereocenters. The first kappa shape index (κ1) is 13.5. The lowest BCUT2D eigenvalue weighted by Crippen LogP contribution is -2.47. The van der Waals surface area contributed by atoms with Gasteiger partial charge in [0.25, 0.3) is 0 Å². The van der Waals surface area contributed by atoms with Crippen molar-refractivity contribution in [2.45, 2.75) is 57.2 Å². The predicted octanol–water partition coefficient (Wildman–Crippen LogP) is 2.54. The maximum Gasteiger partial charge on any atom is 0.0940 e. The van der Waals surface area contributed by atoms with Crippen LogP contribution in [0, 0.1) is 5.92 Å². The SMILES string of the molecule is CCNC(Cc1nccs1)C1CC2CCC(C1)N2C. The molecule has 3 rings (SSSR count). The van der Waals surface area contributed by atoms with Crippen LogP contribution in [0.5, 0.6) is 0 Å². The van der Waals surface area contributed by atoms with Crippen molar-refractivity contribution < 1.29 is 0 Å². The summed E-state index contributed by atoms with van der Waals surface area (Å²) in [6.07, 6.45) is 8.61. The van der Waals surface area contributed by atoms with E-state index in [1.807, 2.05) is 6.20 Å². The summed E-state index contributed by atoms with van der Waals surface area (Å²) in [5.41, 5.74) is 0. The molecule has 1 aromatic rings. The van der Waals surface area contributed by atoms with Crippen molar-refractivity contribution in [1.82, 2.24) is 15.2 Å². The van der Waals surface area contributed by atoms with Gasteiger partial charge in [-0.3, -0.25) is 0 Å². The van der Waals surface area contributed by atoms with Crippen LogP contribution in [-0.2, 0) is 6.42 Å². The fourth-order valence-electron chi connectivity index (χ4n) is 3.99. The highest BCUT2D eigenvalue weighted by molar-refractivity contribution is 7.09. The summed E-state index contributed by atoms with van der Waals surface area (Å²) in [6.45, 7) is 3.29. The van der Waals surface area contributed by atoms with Crippen LogP contribution in [0.15, 0.2) is 11.6 Å². The quantitative estimate of drug-likeness (QED) is 0.898. The second-order valence-corrected chi connectivity index (χ2v) is 7.06. The molecule has 0 radical (unpaired) electrons. The molecule has 2 aliphatic rings. The molecule has 0 spiro atoms. The lowest BCUT2D eigenvalue weighted by Gasteiger charge is -2.40. The molecule has 0 aromatic carbocycles. The van der Waals surface area contributed by atoms with Crippen LogP contribution in [0.2, 0.25) is 0 Å². The molecule has 2 aliphatic heterocycles. The zero-order chi connectivity index (χ0) is 13.2. The van der Waals surface area contributed by atoms with Gasteiger partial charge in [-0.2, -0.15) is 0 Å². The van der Waals surface area contributed by atoms with Gasteiger partial charge in [0, 0.05) is 36.1 Å². The fraction of sp³-hybridized carbons (Fsp3) is 0.800. The van der Waals surface area contributed by atoms with E-state index in [-0.39, 0.29) is 0 Å². The van der Waals surface area contributed by atoms with E-state index >= 15 is 0 Å². The van der Waals surface area contributed by atoms with Crippen LogP contribution in [0.3, 0.4) is 0 Å². The maximum atomic E-state index is 4.47. The van der Waals surface area contributed by atoms with E-state index in [9.17, 15) is 0 Å². The zero-order valence-corrected chi connectivity index (χ0v) is 12.8. The van der Waals surface area contributed by atoms with Crippen LogP contribution in [0.25, 0.3) is 0 Å². The minimum Gasteiger partial charge on any atom is -0.314 e. The van der Waals surface area contributed by atoms with Gasteiger partial charge in [0.1, 0.15) is 0 Å². The number of piperidine rings is 1. The van der Waals surface area contributed by atoms with E-state index in [2.05, 4.69) is 34.6 Å². The molecule has 3 nitrogen and oxygen atoms in total. The third-order valence-corrected chi connectivity index (χ3v) is 5.85. The number of nitrogens with zero attached hydrogens (tertiary/aromatic N) is 2. The highest BCUT2D eigenvalue weighted by atomic mass is 32.1. The van der Waals surface area contributed by atoms with Gasteiger partial charge in [-0.05, 0) is 45.2 Å².